The normalized spacial score (nSPS) is 15.3. The lowest BCUT2D eigenvalue weighted by Crippen LogP contribution is -2.28. The molecule has 0 saturated heterocycles. The number of hydrogen-bond donors (Lipinski definition) is 0. The highest BCUT2D eigenvalue weighted by Crippen LogP contribution is 2.36. The van der Waals surface area contributed by atoms with Crippen LogP contribution in [0.1, 0.15) is 39.6 Å². The Kier molecular flexibility index (Phi) is 3.90. The van der Waals surface area contributed by atoms with Gasteiger partial charge in [-0.15, -0.1) is 0 Å². The first-order valence-electron chi connectivity index (χ1n) is 9.75. The highest BCUT2D eigenvalue weighted by atomic mass is 16.1. The van der Waals surface area contributed by atoms with Gasteiger partial charge in [-0.25, -0.2) is 0 Å². The minimum atomic E-state index is -0.133. The van der Waals surface area contributed by atoms with Crippen molar-refractivity contribution >= 4 is 10.9 Å². The Balaban J connectivity index is 1.74. The molecule has 1 aliphatic heterocycles. The zero-order valence-electron chi connectivity index (χ0n) is 16.1. The molecule has 1 unspecified atom stereocenters. The highest BCUT2D eigenvalue weighted by molar-refractivity contribution is 5.78. The molecule has 1 atom stereocenters. The predicted molar refractivity (Wildman–Crippen MR) is 113 cm³/mol. The Bertz CT molecular complexity index is 1270. The molecule has 0 saturated carbocycles. The van der Waals surface area contributed by atoms with E-state index >= 15 is 0 Å². The number of hydrogen-bond acceptors (Lipinski definition) is 2. The average molecular weight is 366 g/mol. The predicted octanol–water partition coefficient (Wildman–Crippen LogP) is 4.75. The van der Waals surface area contributed by atoms with Crippen molar-refractivity contribution in [3.05, 3.63) is 111 Å². The first-order valence-corrected chi connectivity index (χ1v) is 9.75. The molecule has 0 aliphatic carbocycles. The lowest BCUT2D eigenvalue weighted by atomic mass is 9.84. The number of benzene rings is 3. The van der Waals surface area contributed by atoms with Gasteiger partial charge in [0.25, 0.3) is 5.56 Å². The van der Waals surface area contributed by atoms with Crippen LogP contribution in [-0.2, 0) is 13.0 Å². The third-order valence-corrected chi connectivity index (χ3v) is 5.91. The number of para-hydroxylation sites is 1. The smallest absolute Gasteiger partial charge is 0.280 e. The van der Waals surface area contributed by atoms with Crippen LogP contribution in [0.5, 0.6) is 0 Å². The van der Waals surface area contributed by atoms with Crippen LogP contribution in [0.25, 0.3) is 10.9 Å². The lowest BCUT2D eigenvalue weighted by Gasteiger charge is -2.30. The van der Waals surface area contributed by atoms with Gasteiger partial charge in [-0.05, 0) is 54.7 Å². The van der Waals surface area contributed by atoms with E-state index in [-0.39, 0.29) is 11.5 Å². The van der Waals surface area contributed by atoms with Gasteiger partial charge in [0.15, 0.2) is 0 Å². The van der Waals surface area contributed by atoms with Crippen molar-refractivity contribution in [3.63, 3.8) is 0 Å². The van der Waals surface area contributed by atoms with Crippen LogP contribution >= 0.6 is 0 Å². The van der Waals surface area contributed by atoms with E-state index in [1.807, 2.05) is 24.3 Å². The first-order chi connectivity index (χ1) is 13.6. The van der Waals surface area contributed by atoms with Crippen molar-refractivity contribution in [2.75, 3.05) is 0 Å². The third kappa shape index (κ3) is 2.66. The molecule has 0 N–H and O–H groups in total. The largest absolute Gasteiger partial charge is 0.324 e. The summed E-state index contributed by atoms with van der Waals surface area (Å²) in [5, 5.41) is 0.691. The Morgan fingerprint density at radius 1 is 1.00 bits per heavy atom. The van der Waals surface area contributed by atoms with Gasteiger partial charge in [0.1, 0.15) is 5.82 Å². The second kappa shape index (κ2) is 6.45. The van der Waals surface area contributed by atoms with Gasteiger partial charge in [0.2, 0.25) is 0 Å². The molecule has 3 nitrogen and oxygen atoms in total. The number of aryl methyl sites for hydroxylation is 2. The number of aromatic nitrogens is 2. The molecule has 3 aromatic carbocycles. The quantitative estimate of drug-likeness (QED) is 0.513. The van der Waals surface area contributed by atoms with Gasteiger partial charge in [-0.1, -0.05) is 60.2 Å². The number of rotatable bonds is 2. The minimum Gasteiger partial charge on any atom is -0.324 e. The molecule has 28 heavy (non-hydrogen) atoms. The van der Waals surface area contributed by atoms with Crippen molar-refractivity contribution in [2.24, 2.45) is 0 Å². The summed E-state index contributed by atoms with van der Waals surface area (Å²) >= 11 is 0. The van der Waals surface area contributed by atoms with E-state index in [4.69, 9.17) is 0 Å². The second-order valence-electron chi connectivity index (χ2n) is 7.76. The maximum Gasteiger partial charge on any atom is 0.280 e. The van der Waals surface area contributed by atoms with Crippen LogP contribution in [0.2, 0.25) is 0 Å². The van der Waals surface area contributed by atoms with Gasteiger partial charge in [0, 0.05) is 12.5 Å². The molecule has 2 heterocycles. The Hall–Kier alpha value is -3.20. The van der Waals surface area contributed by atoms with Gasteiger partial charge in [0.05, 0.1) is 10.9 Å². The van der Waals surface area contributed by atoms with Crippen LogP contribution in [0.15, 0.2) is 71.5 Å². The fourth-order valence-corrected chi connectivity index (χ4v) is 4.49. The van der Waals surface area contributed by atoms with E-state index in [0.29, 0.717) is 5.39 Å². The summed E-state index contributed by atoms with van der Waals surface area (Å²) in [5.74, 6) is 0.950. The molecule has 3 heteroatoms. The van der Waals surface area contributed by atoms with Crippen LogP contribution < -0.4 is 5.56 Å². The summed E-state index contributed by atoms with van der Waals surface area (Å²) in [7, 11) is 0. The summed E-state index contributed by atoms with van der Waals surface area (Å²) in [5.41, 5.74) is 7.29. The molecule has 1 aliphatic rings. The van der Waals surface area contributed by atoms with Crippen molar-refractivity contribution < 1.29 is 0 Å². The van der Waals surface area contributed by atoms with Crippen LogP contribution in [0, 0.1) is 13.8 Å². The topological polar surface area (TPSA) is 34.9 Å². The molecule has 0 amide bonds. The standard InChI is InChI=1S/C25H22N2O/c1-16-11-12-18(17(2)13-16)14-22-20-8-4-3-7-19(20)15-27-23-10-6-5-9-21(23)25(28)26-24(22)27/h3-13,22H,14-15H2,1-2H3. The fraction of sp³-hybridized carbons (Fsp3) is 0.200. The molecule has 0 spiro atoms. The molecule has 0 radical (unpaired) electrons. The Morgan fingerprint density at radius 3 is 2.64 bits per heavy atom. The van der Waals surface area contributed by atoms with Crippen LogP contribution in [0.3, 0.4) is 0 Å². The zero-order chi connectivity index (χ0) is 19.3. The molecule has 138 valence electrons. The SMILES string of the molecule is Cc1ccc(CC2c3ccccc3Cn3c2nc(=O)c2ccccc23)c(C)c1. The summed E-state index contributed by atoms with van der Waals surface area (Å²) in [6, 6.07) is 23.0. The first kappa shape index (κ1) is 16.9. The van der Waals surface area contributed by atoms with E-state index in [2.05, 4.69) is 65.9 Å². The molecule has 4 aromatic rings. The summed E-state index contributed by atoms with van der Waals surface area (Å²) < 4.78 is 2.23. The van der Waals surface area contributed by atoms with Gasteiger partial charge in [-0.2, -0.15) is 4.98 Å². The molecular weight excluding hydrogens is 344 g/mol. The minimum absolute atomic E-state index is 0.0728. The van der Waals surface area contributed by atoms with Crippen molar-refractivity contribution in [2.45, 2.75) is 32.7 Å². The van der Waals surface area contributed by atoms with Gasteiger partial charge in [-0.3, -0.25) is 4.79 Å². The van der Waals surface area contributed by atoms with E-state index in [9.17, 15) is 4.79 Å². The monoisotopic (exact) mass is 366 g/mol. The van der Waals surface area contributed by atoms with Crippen molar-refractivity contribution in [1.29, 1.82) is 0 Å². The summed E-state index contributed by atoms with van der Waals surface area (Å²) in [4.78, 5) is 17.3. The Labute approximate surface area is 164 Å². The molecular formula is C25H22N2O. The van der Waals surface area contributed by atoms with E-state index in [1.54, 1.807) is 0 Å². The molecule has 1 aromatic heterocycles. The maximum absolute atomic E-state index is 12.7. The summed E-state index contributed by atoms with van der Waals surface area (Å²) in [6.07, 6.45) is 0.841. The number of fused-ring (bicyclic) bond motifs is 4. The van der Waals surface area contributed by atoms with Crippen LogP contribution in [0.4, 0.5) is 0 Å². The highest BCUT2D eigenvalue weighted by Gasteiger charge is 2.28. The molecule has 5 rings (SSSR count). The molecule has 0 fully saturated rings. The Morgan fingerprint density at radius 2 is 1.79 bits per heavy atom. The maximum atomic E-state index is 12.7. The lowest BCUT2D eigenvalue weighted by molar-refractivity contribution is 0.602. The molecule has 0 bridgehead atoms. The van der Waals surface area contributed by atoms with E-state index in [1.165, 1.54) is 27.8 Å². The number of nitrogens with zero attached hydrogens (tertiary/aromatic N) is 2. The van der Waals surface area contributed by atoms with Crippen molar-refractivity contribution in [1.82, 2.24) is 9.55 Å². The fourth-order valence-electron chi connectivity index (χ4n) is 4.49. The van der Waals surface area contributed by atoms with Crippen molar-refractivity contribution in [3.8, 4) is 0 Å². The van der Waals surface area contributed by atoms with E-state index < -0.39 is 0 Å². The van der Waals surface area contributed by atoms with Crippen LogP contribution in [-0.4, -0.2) is 9.55 Å². The average Bonchev–Trinajstić information content (AvgIpc) is 2.70. The van der Waals surface area contributed by atoms with Gasteiger partial charge < -0.3 is 4.57 Å². The van der Waals surface area contributed by atoms with E-state index in [0.717, 1.165) is 24.3 Å². The zero-order valence-corrected chi connectivity index (χ0v) is 16.1. The van der Waals surface area contributed by atoms with Gasteiger partial charge >= 0.3 is 0 Å². The second-order valence-corrected chi connectivity index (χ2v) is 7.76. The third-order valence-electron chi connectivity index (χ3n) is 5.91. The summed E-state index contributed by atoms with van der Waals surface area (Å²) in [6.45, 7) is 5.04.